The van der Waals surface area contributed by atoms with Crippen molar-refractivity contribution in [3.63, 3.8) is 0 Å². The van der Waals surface area contributed by atoms with Gasteiger partial charge in [0.2, 0.25) is 0 Å². The van der Waals surface area contributed by atoms with E-state index in [2.05, 4.69) is 19.1 Å². The number of allylic oxidation sites excluding steroid dienone is 2. The Labute approximate surface area is 80.2 Å². The van der Waals surface area contributed by atoms with Gasteiger partial charge in [0.25, 0.3) is 0 Å². The van der Waals surface area contributed by atoms with E-state index in [0.717, 1.165) is 6.42 Å². The van der Waals surface area contributed by atoms with Crippen molar-refractivity contribution in [2.24, 2.45) is 17.3 Å². The van der Waals surface area contributed by atoms with Crippen LogP contribution in [0.15, 0.2) is 12.2 Å². The molecule has 0 N–H and O–H groups in total. The van der Waals surface area contributed by atoms with E-state index in [9.17, 15) is 4.79 Å². The van der Waals surface area contributed by atoms with E-state index >= 15 is 0 Å². The lowest BCUT2D eigenvalue weighted by Gasteiger charge is -2.42. The Bertz CT molecular complexity index is 231. The predicted octanol–water partition coefficient (Wildman–Crippen LogP) is 2.96. The number of rotatable bonds is 1. The van der Waals surface area contributed by atoms with E-state index in [-0.39, 0.29) is 5.41 Å². The first-order chi connectivity index (χ1) is 6.26. The van der Waals surface area contributed by atoms with Crippen molar-refractivity contribution in [2.45, 2.75) is 39.0 Å². The van der Waals surface area contributed by atoms with Crippen LogP contribution in [0.2, 0.25) is 0 Å². The van der Waals surface area contributed by atoms with Gasteiger partial charge in [0.15, 0.2) is 0 Å². The summed E-state index contributed by atoms with van der Waals surface area (Å²) in [4.78, 5) is 11.1. The molecular formula is C12H18O. The van der Waals surface area contributed by atoms with Gasteiger partial charge in [-0.25, -0.2) is 0 Å². The minimum Gasteiger partial charge on any atom is -0.303 e. The topological polar surface area (TPSA) is 17.1 Å². The molecule has 0 unspecified atom stereocenters. The van der Waals surface area contributed by atoms with Crippen LogP contribution < -0.4 is 0 Å². The second kappa shape index (κ2) is 3.28. The third-order valence-electron chi connectivity index (χ3n) is 3.88. The number of carbonyl (C=O) groups is 1. The minimum absolute atomic E-state index is 0.0557. The summed E-state index contributed by atoms with van der Waals surface area (Å²) in [7, 11) is 0. The molecule has 1 saturated carbocycles. The van der Waals surface area contributed by atoms with Crippen LogP contribution >= 0.6 is 0 Å². The van der Waals surface area contributed by atoms with Gasteiger partial charge in [-0.3, -0.25) is 0 Å². The molecule has 0 heterocycles. The summed E-state index contributed by atoms with van der Waals surface area (Å²) in [6.45, 7) is 2.13. The van der Waals surface area contributed by atoms with E-state index in [1.807, 2.05) is 0 Å². The molecule has 0 aliphatic heterocycles. The largest absolute Gasteiger partial charge is 0.303 e. The van der Waals surface area contributed by atoms with E-state index in [0.29, 0.717) is 11.8 Å². The zero-order chi connectivity index (χ0) is 9.31. The lowest BCUT2D eigenvalue weighted by atomic mass is 9.61. The van der Waals surface area contributed by atoms with E-state index < -0.39 is 0 Å². The van der Waals surface area contributed by atoms with Gasteiger partial charge in [-0.1, -0.05) is 31.9 Å². The first-order valence-electron chi connectivity index (χ1n) is 5.39. The highest BCUT2D eigenvalue weighted by molar-refractivity contribution is 5.60. The lowest BCUT2D eigenvalue weighted by Crippen LogP contribution is -2.37. The Hall–Kier alpha value is -0.590. The van der Waals surface area contributed by atoms with Crippen molar-refractivity contribution in [3.8, 4) is 0 Å². The van der Waals surface area contributed by atoms with Gasteiger partial charge < -0.3 is 4.79 Å². The Balaban J connectivity index is 2.23. The highest BCUT2D eigenvalue weighted by atomic mass is 16.1. The molecule has 1 fully saturated rings. The predicted molar refractivity (Wildman–Crippen MR) is 53.4 cm³/mol. The minimum atomic E-state index is -0.0557. The summed E-state index contributed by atoms with van der Waals surface area (Å²) in [5.41, 5.74) is -0.0557. The summed E-state index contributed by atoms with van der Waals surface area (Å²) in [6.07, 6.45) is 11.9. The van der Waals surface area contributed by atoms with E-state index in [1.165, 1.54) is 32.0 Å². The maximum absolute atomic E-state index is 11.1. The molecule has 1 nitrogen and oxygen atoms in total. The molecule has 2 aliphatic rings. The highest BCUT2D eigenvalue weighted by Crippen LogP contribution is 2.46. The maximum atomic E-state index is 11.1. The van der Waals surface area contributed by atoms with Crippen molar-refractivity contribution in [1.29, 1.82) is 0 Å². The number of aldehydes is 1. The summed E-state index contributed by atoms with van der Waals surface area (Å²) >= 11 is 0. The van der Waals surface area contributed by atoms with Crippen LogP contribution in [0.5, 0.6) is 0 Å². The van der Waals surface area contributed by atoms with E-state index in [1.54, 1.807) is 0 Å². The van der Waals surface area contributed by atoms with Crippen LogP contribution in [0.3, 0.4) is 0 Å². The summed E-state index contributed by atoms with van der Waals surface area (Å²) in [5, 5.41) is 0. The molecule has 0 amide bonds. The fourth-order valence-corrected chi connectivity index (χ4v) is 2.99. The van der Waals surface area contributed by atoms with Crippen LogP contribution in [0.1, 0.15) is 39.0 Å². The molecular weight excluding hydrogens is 160 g/mol. The zero-order valence-electron chi connectivity index (χ0n) is 8.33. The maximum Gasteiger partial charge on any atom is 0.126 e. The average Bonchev–Trinajstić information content (AvgIpc) is 2.19. The number of carbonyl (C=O) groups excluding carboxylic acids is 1. The number of hydrogen-bond donors (Lipinski definition) is 0. The van der Waals surface area contributed by atoms with Crippen molar-refractivity contribution < 1.29 is 4.79 Å². The fraction of sp³-hybridized carbons (Fsp3) is 0.750. The lowest BCUT2D eigenvalue weighted by molar-refractivity contribution is -0.120. The van der Waals surface area contributed by atoms with Crippen molar-refractivity contribution in [3.05, 3.63) is 12.2 Å². The van der Waals surface area contributed by atoms with Gasteiger partial charge >= 0.3 is 0 Å². The van der Waals surface area contributed by atoms with Crippen molar-refractivity contribution in [1.82, 2.24) is 0 Å². The van der Waals surface area contributed by atoms with E-state index in [4.69, 9.17) is 0 Å². The molecule has 0 radical (unpaired) electrons. The van der Waals surface area contributed by atoms with Crippen LogP contribution in [0.25, 0.3) is 0 Å². The highest BCUT2D eigenvalue weighted by Gasteiger charge is 2.40. The molecule has 3 atom stereocenters. The Morgan fingerprint density at radius 2 is 2.15 bits per heavy atom. The SMILES string of the molecule is C[C@@]1(C=O)CC=C[C@@H]2CCCC[C@H]21. The van der Waals surface area contributed by atoms with Gasteiger partial charge in [0, 0.05) is 5.41 Å². The first kappa shape index (κ1) is 8.98. The first-order valence-corrected chi connectivity index (χ1v) is 5.39. The monoisotopic (exact) mass is 178 g/mol. The van der Waals surface area contributed by atoms with Gasteiger partial charge in [0.05, 0.1) is 0 Å². The average molecular weight is 178 g/mol. The fourth-order valence-electron chi connectivity index (χ4n) is 2.99. The smallest absolute Gasteiger partial charge is 0.126 e. The zero-order valence-corrected chi connectivity index (χ0v) is 8.33. The Kier molecular flexibility index (Phi) is 2.27. The van der Waals surface area contributed by atoms with Gasteiger partial charge in [-0.05, 0) is 31.1 Å². The quantitative estimate of drug-likeness (QED) is 0.445. The molecule has 0 spiro atoms. The number of hydrogen-bond acceptors (Lipinski definition) is 1. The number of fused-ring (bicyclic) bond motifs is 1. The second-order valence-corrected chi connectivity index (χ2v) is 4.81. The molecule has 2 rings (SSSR count). The van der Waals surface area contributed by atoms with Gasteiger partial charge in [-0.15, -0.1) is 0 Å². The van der Waals surface area contributed by atoms with Gasteiger partial charge in [0.1, 0.15) is 6.29 Å². The molecule has 1 heteroatoms. The van der Waals surface area contributed by atoms with Crippen molar-refractivity contribution >= 4 is 6.29 Å². The van der Waals surface area contributed by atoms with Crippen LogP contribution in [-0.2, 0) is 4.79 Å². The Morgan fingerprint density at radius 3 is 2.92 bits per heavy atom. The molecule has 72 valence electrons. The summed E-state index contributed by atoms with van der Waals surface area (Å²) < 4.78 is 0. The summed E-state index contributed by atoms with van der Waals surface area (Å²) in [5.74, 6) is 1.32. The Morgan fingerprint density at radius 1 is 1.38 bits per heavy atom. The molecule has 2 aliphatic carbocycles. The normalized spacial score (nSPS) is 44.1. The summed E-state index contributed by atoms with van der Waals surface area (Å²) in [6, 6.07) is 0. The molecule has 0 aromatic rings. The third kappa shape index (κ3) is 1.45. The standard InChI is InChI=1S/C12H18O/c1-12(9-13)8-4-6-10-5-2-3-7-11(10)12/h4,6,9-11H,2-3,5,7-8H2,1H3/t10-,11+,12-/m0/s1. The second-order valence-electron chi connectivity index (χ2n) is 4.81. The van der Waals surface area contributed by atoms with Gasteiger partial charge in [-0.2, -0.15) is 0 Å². The molecule has 0 saturated heterocycles. The van der Waals surface area contributed by atoms with Crippen LogP contribution in [0.4, 0.5) is 0 Å². The molecule has 0 bridgehead atoms. The van der Waals surface area contributed by atoms with Crippen LogP contribution in [-0.4, -0.2) is 6.29 Å². The third-order valence-corrected chi connectivity index (χ3v) is 3.88. The van der Waals surface area contributed by atoms with Crippen molar-refractivity contribution in [2.75, 3.05) is 0 Å². The van der Waals surface area contributed by atoms with Crippen LogP contribution in [0, 0.1) is 17.3 Å². The molecule has 0 aromatic carbocycles. The molecule has 0 aromatic heterocycles. The molecule has 13 heavy (non-hydrogen) atoms.